The first-order valence-electron chi connectivity index (χ1n) is 6.35. The molecule has 0 aliphatic heterocycles. The van der Waals surface area contributed by atoms with Crippen LogP contribution in [0.4, 0.5) is 11.4 Å². The first-order chi connectivity index (χ1) is 8.85. The number of aryl methyl sites for hydroxylation is 1. The highest BCUT2D eigenvalue weighted by molar-refractivity contribution is 7.92. The Morgan fingerprint density at radius 1 is 1.26 bits per heavy atom. The number of nitrogens with zero attached hydrogens (tertiary/aromatic N) is 1. The number of anilines is 2. The van der Waals surface area contributed by atoms with E-state index in [0.717, 1.165) is 17.8 Å². The Morgan fingerprint density at radius 3 is 2.53 bits per heavy atom. The summed E-state index contributed by atoms with van der Waals surface area (Å²) in [7, 11) is 0.579. The van der Waals surface area contributed by atoms with E-state index < -0.39 is 10.0 Å². The summed E-state index contributed by atoms with van der Waals surface area (Å²) in [6.45, 7) is 5.17. The molecule has 0 radical (unpaired) electrons. The highest BCUT2D eigenvalue weighted by Gasteiger charge is 2.11. The van der Waals surface area contributed by atoms with Crippen LogP contribution in [0.2, 0.25) is 0 Å². The molecule has 0 amide bonds. The van der Waals surface area contributed by atoms with Crippen molar-refractivity contribution in [2.45, 2.75) is 13.8 Å². The molecule has 1 aromatic carbocycles. The molecule has 1 aromatic rings. The Labute approximate surface area is 116 Å². The summed E-state index contributed by atoms with van der Waals surface area (Å²) in [6, 6.07) is 5.55. The summed E-state index contributed by atoms with van der Waals surface area (Å²) in [5, 5.41) is 3.00. The van der Waals surface area contributed by atoms with Crippen molar-refractivity contribution in [1.29, 1.82) is 0 Å². The molecular weight excluding hydrogens is 262 g/mol. The van der Waals surface area contributed by atoms with Crippen LogP contribution in [0.3, 0.4) is 0 Å². The van der Waals surface area contributed by atoms with Gasteiger partial charge in [-0.25, -0.2) is 8.42 Å². The molecule has 6 heteroatoms. The number of hydrogen-bond acceptors (Lipinski definition) is 4. The molecule has 19 heavy (non-hydrogen) atoms. The van der Waals surface area contributed by atoms with Gasteiger partial charge in [-0.3, -0.25) is 4.72 Å². The minimum atomic E-state index is -3.29. The maximum Gasteiger partial charge on any atom is 0.233 e. The maximum atomic E-state index is 11.9. The lowest BCUT2D eigenvalue weighted by Crippen LogP contribution is -2.26. The van der Waals surface area contributed by atoms with Crippen molar-refractivity contribution >= 4 is 21.4 Å². The van der Waals surface area contributed by atoms with Gasteiger partial charge >= 0.3 is 0 Å². The van der Waals surface area contributed by atoms with Crippen molar-refractivity contribution in [3.05, 3.63) is 23.8 Å². The standard InChI is InChI=1S/C13H23N3O2S/c1-5-14-8-9-19(17,18)15-12-7-6-11(2)13(10-12)16(3)4/h6-7,10,14-15H,5,8-9H2,1-4H3. The van der Waals surface area contributed by atoms with E-state index in [9.17, 15) is 8.42 Å². The molecule has 0 aromatic heterocycles. The van der Waals surface area contributed by atoms with Gasteiger partial charge < -0.3 is 10.2 Å². The molecule has 5 nitrogen and oxygen atoms in total. The molecule has 108 valence electrons. The molecule has 0 saturated heterocycles. The van der Waals surface area contributed by atoms with Crippen LogP contribution in [-0.2, 0) is 10.0 Å². The Balaban J connectivity index is 2.79. The third kappa shape index (κ3) is 5.08. The van der Waals surface area contributed by atoms with Crippen LogP contribution in [0.15, 0.2) is 18.2 Å². The second kappa shape index (κ2) is 6.77. The summed E-state index contributed by atoms with van der Waals surface area (Å²) in [5.41, 5.74) is 2.72. The van der Waals surface area contributed by atoms with Crippen LogP contribution in [0.5, 0.6) is 0 Å². The smallest absolute Gasteiger partial charge is 0.233 e. The summed E-state index contributed by atoms with van der Waals surface area (Å²) in [5.74, 6) is 0.0754. The third-order valence-electron chi connectivity index (χ3n) is 2.76. The van der Waals surface area contributed by atoms with E-state index in [0.29, 0.717) is 12.2 Å². The molecule has 0 unspecified atom stereocenters. The van der Waals surface area contributed by atoms with E-state index in [1.165, 1.54) is 0 Å². The second-order valence-corrected chi connectivity index (χ2v) is 6.51. The van der Waals surface area contributed by atoms with Crippen molar-refractivity contribution in [3.63, 3.8) is 0 Å². The van der Waals surface area contributed by atoms with Crippen LogP contribution in [0.25, 0.3) is 0 Å². The minimum absolute atomic E-state index is 0.0754. The third-order valence-corrected chi connectivity index (χ3v) is 4.05. The van der Waals surface area contributed by atoms with Gasteiger partial charge in [-0.05, 0) is 31.2 Å². The van der Waals surface area contributed by atoms with Gasteiger partial charge in [0.25, 0.3) is 0 Å². The van der Waals surface area contributed by atoms with Crippen molar-refractivity contribution in [1.82, 2.24) is 5.32 Å². The number of rotatable bonds is 7. The Hall–Kier alpha value is -1.27. The first kappa shape index (κ1) is 15.8. The lowest BCUT2D eigenvalue weighted by molar-refractivity contribution is 0.597. The minimum Gasteiger partial charge on any atom is -0.377 e. The molecule has 0 bridgehead atoms. The van der Waals surface area contributed by atoms with Gasteiger partial charge in [0, 0.05) is 26.3 Å². The van der Waals surface area contributed by atoms with Crippen molar-refractivity contribution in [3.8, 4) is 0 Å². The van der Waals surface area contributed by atoms with Crippen molar-refractivity contribution in [2.24, 2.45) is 0 Å². The predicted octanol–water partition coefficient (Wildman–Crippen LogP) is 1.41. The first-order valence-corrected chi connectivity index (χ1v) is 8.00. The fourth-order valence-electron chi connectivity index (χ4n) is 1.77. The van der Waals surface area contributed by atoms with Gasteiger partial charge in [-0.15, -0.1) is 0 Å². The molecule has 0 aliphatic rings. The Kier molecular flexibility index (Phi) is 5.62. The zero-order chi connectivity index (χ0) is 14.5. The largest absolute Gasteiger partial charge is 0.377 e. The lowest BCUT2D eigenvalue weighted by atomic mass is 10.2. The zero-order valence-electron chi connectivity index (χ0n) is 12.0. The molecule has 1 rings (SSSR count). The lowest BCUT2D eigenvalue weighted by Gasteiger charge is -2.17. The quantitative estimate of drug-likeness (QED) is 0.744. The molecular formula is C13H23N3O2S. The van der Waals surface area contributed by atoms with Gasteiger partial charge in [-0.1, -0.05) is 13.0 Å². The van der Waals surface area contributed by atoms with Gasteiger partial charge in [0.05, 0.1) is 11.4 Å². The molecule has 0 aliphatic carbocycles. The highest BCUT2D eigenvalue weighted by Crippen LogP contribution is 2.23. The summed E-state index contributed by atoms with van der Waals surface area (Å²) in [4.78, 5) is 1.96. The number of benzene rings is 1. The van der Waals surface area contributed by atoms with Crippen molar-refractivity contribution < 1.29 is 8.42 Å². The molecule has 0 atom stereocenters. The van der Waals surface area contributed by atoms with E-state index in [1.54, 1.807) is 6.07 Å². The SMILES string of the molecule is CCNCCS(=O)(=O)Nc1ccc(C)c(N(C)C)c1. The maximum absolute atomic E-state index is 11.9. The normalized spacial score (nSPS) is 11.4. The molecule has 0 heterocycles. The second-order valence-electron chi connectivity index (χ2n) is 4.67. The fourth-order valence-corrected chi connectivity index (χ4v) is 2.77. The molecule has 0 fully saturated rings. The fraction of sp³-hybridized carbons (Fsp3) is 0.538. The van der Waals surface area contributed by atoms with E-state index in [4.69, 9.17) is 0 Å². The topological polar surface area (TPSA) is 61.4 Å². The van der Waals surface area contributed by atoms with Crippen LogP contribution in [0.1, 0.15) is 12.5 Å². The van der Waals surface area contributed by atoms with E-state index in [-0.39, 0.29) is 5.75 Å². The Morgan fingerprint density at radius 2 is 1.95 bits per heavy atom. The predicted molar refractivity (Wildman–Crippen MR) is 81.5 cm³/mol. The van der Waals surface area contributed by atoms with Crippen LogP contribution in [-0.4, -0.2) is 41.4 Å². The number of nitrogens with one attached hydrogen (secondary N) is 2. The molecule has 0 saturated carbocycles. The van der Waals surface area contributed by atoms with Gasteiger partial charge in [0.2, 0.25) is 10.0 Å². The number of hydrogen-bond donors (Lipinski definition) is 2. The summed E-state index contributed by atoms with van der Waals surface area (Å²) < 4.78 is 26.4. The van der Waals surface area contributed by atoms with Gasteiger partial charge in [0.1, 0.15) is 0 Å². The van der Waals surface area contributed by atoms with Gasteiger partial charge in [0.15, 0.2) is 0 Å². The number of sulfonamides is 1. The van der Waals surface area contributed by atoms with Crippen LogP contribution in [0, 0.1) is 6.92 Å². The van der Waals surface area contributed by atoms with E-state index in [2.05, 4.69) is 10.0 Å². The van der Waals surface area contributed by atoms with Gasteiger partial charge in [-0.2, -0.15) is 0 Å². The summed E-state index contributed by atoms with van der Waals surface area (Å²) in [6.07, 6.45) is 0. The Bertz CT molecular complexity index is 513. The van der Waals surface area contributed by atoms with Crippen LogP contribution < -0.4 is 14.9 Å². The average Bonchev–Trinajstić information content (AvgIpc) is 2.31. The highest BCUT2D eigenvalue weighted by atomic mass is 32.2. The average molecular weight is 285 g/mol. The zero-order valence-corrected chi connectivity index (χ0v) is 12.8. The van der Waals surface area contributed by atoms with Crippen LogP contribution >= 0.6 is 0 Å². The van der Waals surface area contributed by atoms with E-state index in [1.807, 2.05) is 45.0 Å². The molecule has 0 spiro atoms. The molecule has 2 N–H and O–H groups in total. The monoisotopic (exact) mass is 285 g/mol. The van der Waals surface area contributed by atoms with Crippen molar-refractivity contribution in [2.75, 3.05) is 42.6 Å². The van der Waals surface area contributed by atoms with E-state index >= 15 is 0 Å². The summed E-state index contributed by atoms with van der Waals surface area (Å²) >= 11 is 0.